The number of rotatable bonds is 7. The molecule has 1 aromatic heterocycles. The second-order valence-electron chi connectivity index (χ2n) is 8.33. The van der Waals surface area contributed by atoms with E-state index in [4.69, 9.17) is 20.8 Å². The molecule has 0 radical (unpaired) electrons. The van der Waals surface area contributed by atoms with E-state index in [1.165, 1.54) is 11.1 Å². The topological polar surface area (TPSA) is 64.4 Å². The molecule has 0 aliphatic carbocycles. The highest BCUT2D eigenvalue weighted by atomic mass is 35.5. The summed E-state index contributed by atoms with van der Waals surface area (Å²) < 4.78 is 11.6. The van der Waals surface area contributed by atoms with Gasteiger partial charge in [-0.15, -0.1) is 0 Å². The molecule has 3 aromatic carbocycles. The molecule has 1 heterocycles. The van der Waals surface area contributed by atoms with Crippen molar-refractivity contribution in [3.05, 3.63) is 76.3 Å². The van der Waals surface area contributed by atoms with Crippen LogP contribution in [0.15, 0.2) is 59.0 Å². The van der Waals surface area contributed by atoms with Crippen LogP contribution in [-0.4, -0.2) is 17.5 Å². The minimum atomic E-state index is -0.303. The first kappa shape index (κ1) is 22.9. The van der Waals surface area contributed by atoms with Crippen LogP contribution in [0.25, 0.3) is 22.6 Å². The summed E-state index contributed by atoms with van der Waals surface area (Å²) in [4.78, 5) is 17.1. The van der Waals surface area contributed by atoms with E-state index < -0.39 is 0 Å². The van der Waals surface area contributed by atoms with E-state index in [-0.39, 0.29) is 12.5 Å². The van der Waals surface area contributed by atoms with Crippen molar-refractivity contribution in [2.75, 3.05) is 11.9 Å². The monoisotopic (exact) mass is 462 g/mol. The molecule has 5 nitrogen and oxygen atoms in total. The zero-order valence-electron chi connectivity index (χ0n) is 19.2. The van der Waals surface area contributed by atoms with Crippen molar-refractivity contribution in [1.82, 2.24) is 4.98 Å². The van der Waals surface area contributed by atoms with Crippen LogP contribution in [0.3, 0.4) is 0 Å². The first-order valence-corrected chi connectivity index (χ1v) is 11.4. The average molecular weight is 463 g/mol. The number of anilines is 1. The van der Waals surface area contributed by atoms with Gasteiger partial charge in [0.1, 0.15) is 11.3 Å². The van der Waals surface area contributed by atoms with E-state index in [0.29, 0.717) is 28.3 Å². The maximum Gasteiger partial charge on any atom is 0.262 e. The Kier molecular flexibility index (Phi) is 6.70. The number of hydrogen-bond acceptors (Lipinski definition) is 4. The number of aromatic nitrogens is 1. The summed E-state index contributed by atoms with van der Waals surface area (Å²) in [6.45, 7) is 8.27. The predicted molar refractivity (Wildman–Crippen MR) is 133 cm³/mol. The number of ether oxygens (including phenoxy) is 1. The Hall–Kier alpha value is -3.31. The first-order chi connectivity index (χ1) is 15.8. The normalized spacial score (nSPS) is 12.0. The minimum Gasteiger partial charge on any atom is -0.484 e. The number of amides is 1. The number of carbonyl (C=O) groups excluding carboxylic acids is 1. The molecule has 4 rings (SSSR count). The molecule has 0 unspecified atom stereocenters. The van der Waals surface area contributed by atoms with Gasteiger partial charge in [0.25, 0.3) is 5.91 Å². The number of halogens is 1. The summed E-state index contributed by atoms with van der Waals surface area (Å²) in [5, 5.41) is 3.24. The zero-order chi connectivity index (χ0) is 23.5. The van der Waals surface area contributed by atoms with Crippen molar-refractivity contribution in [1.29, 1.82) is 0 Å². The van der Waals surface area contributed by atoms with Gasteiger partial charge in [-0.2, -0.15) is 0 Å². The van der Waals surface area contributed by atoms with Crippen molar-refractivity contribution >= 4 is 34.3 Å². The van der Waals surface area contributed by atoms with Gasteiger partial charge >= 0.3 is 0 Å². The molecule has 1 N–H and O–H groups in total. The van der Waals surface area contributed by atoms with Crippen LogP contribution in [0.5, 0.6) is 5.75 Å². The van der Waals surface area contributed by atoms with Gasteiger partial charge in [-0.3, -0.25) is 4.79 Å². The number of hydrogen-bond donors (Lipinski definition) is 1. The Labute approximate surface area is 198 Å². The number of nitrogens with zero attached hydrogens (tertiary/aromatic N) is 1. The van der Waals surface area contributed by atoms with Gasteiger partial charge in [0, 0.05) is 5.56 Å². The first-order valence-electron chi connectivity index (χ1n) is 11.0. The smallest absolute Gasteiger partial charge is 0.262 e. The van der Waals surface area contributed by atoms with E-state index in [1.54, 1.807) is 12.1 Å². The fourth-order valence-electron chi connectivity index (χ4n) is 3.50. The highest BCUT2D eigenvalue weighted by Crippen LogP contribution is 2.32. The zero-order valence-corrected chi connectivity index (χ0v) is 20.0. The molecule has 0 saturated heterocycles. The molecular formula is C27H27ClN2O3. The van der Waals surface area contributed by atoms with E-state index in [9.17, 15) is 4.79 Å². The summed E-state index contributed by atoms with van der Waals surface area (Å²) in [5.74, 6) is 1.28. The summed E-state index contributed by atoms with van der Waals surface area (Å²) in [6.07, 6.45) is 1.06. The van der Waals surface area contributed by atoms with E-state index in [0.717, 1.165) is 28.6 Å². The van der Waals surface area contributed by atoms with Crippen molar-refractivity contribution in [3.63, 3.8) is 0 Å². The molecule has 0 saturated carbocycles. The third-order valence-corrected chi connectivity index (χ3v) is 6.26. The Morgan fingerprint density at radius 1 is 1.09 bits per heavy atom. The highest BCUT2D eigenvalue weighted by molar-refractivity contribution is 6.33. The van der Waals surface area contributed by atoms with Crippen LogP contribution in [0.1, 0.15) is 42.9 Å². The van der Waals surface area contributed by atoms with Crippen molar-refractivity contribution in [2.45, 2.75) is 40.0 Å². The molecule has 6 heteroatoms. The summed E-state index contributed by atoms with van der Waals surface area (Å²) in [5.41, 5.74) is 6.25. The molecule has 4 aromatic rings. The quantitative estimate of drug-likeness (QED) is 0.313. The van der Waals surface area contributed by atoms with Crippen LogP contribution >= 0.6 is 11.6 Å². The Morgan fingerprint density at radius 2 is 1.91 bits per heavy atom. The van der Waals surface area contributed by atoms with Gasteiger partial charge in [0.05, 0.1) is 10.7 Å². The maximum atomic E-state index is 12.5. The van der Waals surface area contributed by atoms with Crippen LogP contribution < -0.4 is 10.1 Å². The molecule has 1 atom stereocenters. The number of carbonyl (C=O) groups is 1. The third-order valence-electron chi connectivity index (χ3n) is 5.93. The van der Waals surface area contributed by atoms with Crippen LogP contribution in [0, 0.1) is 13.8 Å². The number of benzene rings is 3. The fraction of sp³-hybridized carbons (Fsp3) is 0.259. The lowest BCUT2D eigenvalue weighted by atomic mass is 9.98. The highest BCUT2D eigenvalue weighted by Gasteiger charge is 2.14. The minimum absolute atomic E-state index is 0.121. The largest absolute Gasteiger partial charge is 0.484 e. The van der Waals surface area contributed by atoms with Crippen molar-refractivity contribution in [3.8, 4) is 17.2 Å². The fourth-order valence-corrected chi connectivity index (χ4v) is 3.67. The van der Waals surface area contributed by atoms with Crippen molar-refractivity contribution < 1.29 is 13.9 Å². The van der Waals surface area contributed by atoms with Gasteiger partial charge in [0.15, 0.2) is 12.2 Å². The number of nitrogens with one attached hydrogen (secondary N) is 1. The van der Waals surface area contributed by atoms with Crippen LogP contribution in [0.2, 0.25) is 5.02 Å². The van der Waals surface area contributed by atoms with Gasteiger partial charge in [-0.1, -0.05) is 37.6 Å². The molecule has 1 amide bonds. The van der Waals surface area contributed by atoms with Crippen LogP contribution in [0.4, 0.5) is 5.69 Å². The second kappa shape index (κ2) is 9.67. The van der Waals surface area contributed by atoms with Crippen molar-refractivity contribution in [2.24, 2.45) is 0 Å². The maximum absolute atomic E-state index is 12.5. The second-order valence-corrected chi connectivity index (χ2v) is 8.74. The lowest BCUT2D eigenvalue weighted by Crippen LogP contribution is -2.20. The molecule has 0 fully saturated rings. The van der Waals surface area contributed by atoms with E-state index in [1.807, 2.05) is 44.2 Å². The SMILES string of the molecule is CC[C@@H](C)c1ccc2oc(-c3ccc(Cl)c(NC(=O)COc4ccc(C)c(C)c4)c3)nc2c1. The lowest BCUT2D eigenvalue weighted by molar-refractivity contribution is -0.118. The number of fused-ring (bicyclic) bond motifs is 1. The molecule has 0 aliphatic rings. The van der Waals surface area contributed by atoms with E-state index in [2.05, 4.69) is 36.3 Å². The summed E-state index contributed by atoms with van der Waals surface area (Å²) >= 11 is 6.33. The Balaban J connectivity index is 1.50. The Morgan fingerprint density at radius 3 is 2.67 bits per heavy atom. The molecule has 0 spiro atoms. The van der Waals surface area contributed by atoms with Gasteiger partial charge < -0.3 is 14.5 Å². The molecule has 0 bridgehead atoms. The third kappa shape index (κ3) is 5.20. The van der Waals surface area contributed by atoms with Gasteiger partial charge in [-0.25, -0.2) is 4.98 Å². The Bertz CT molecular complexity index is 1310. The lowest BCUT2D eigenvalue weighted by Gasteiger charge is -2.10. The predicted octanol–water partition coefficient (Wildman–Crippen LogP) is 7.30. The summed E-state index contributed by atoms with van der Waals surface area (Å²) in [6, 6.07) is 17.1. The molecule has 170 valence electrons. The molecular weight excluding hydrogens is 436 g/mol. The number of aryl methyl sites for hydroxylation is 2. The summed E-state index contributed by atoms with van der Waals surface area (Å²) in [7, 11) is 0. The van der Waals surface area contributed by atoms with Gasteiger partial charge in [0.2, 0.25) is 5.89 Å². The van der Waals surface area contributed by atoms with Gasteiger partial charge in [-0.05, 0) is 85.3 Å². The molecule has 33 heavy (non-hydrogen) atoms. The number of oxazole rings is 1. The average Bonchev–Trinajstić information content (AvgIpc) is 3.24. The van der Waals surface area contributed by atoms with Crippen LogP contribution in [-0.2, 0) is 4.79 Å². The standard InChI is InChI=1S/C27H27ClN2O3/c1-5-16(2)19-8-11-25-24(13-19)30-27(33-25)20-7-10-22(28)23(14-20)29-26(31)15-32-21-9-6-17(3)18(4)12-21/h6-14,16H,5,15H2,1-4H3,(H,29,31)/t16-/m1/s1. The molecule has 0 aliphatic heterocycles. The van der Waals surface area contributed by atoms with E-state index >= 15 is 0 Å².